The van der Waals surface area contributed by atoms with E-state index < -0.39 is 0 Å². The lowest BCUT2D eigenvalue weighted by molar-refractivity contribution is 0.0963. The van der Waals surface area contributed by atoms with Gasteiger partial charge in [-0.25, -0.2) is 4.99 Å². The SMILES string of the molecule is CCNC(=NCc1cccc(C(=O)NC)c1)NCc1sccc1C. The number of aryl methyl sites for hydroxylation is 1. The molecule has 0 atom stereocenters. The molecule has 0 unspecified atom stereocenters. The lowest BCUT2D eigenvalue weighted by Gasteiger charge is -2.11. The molecule has 0 fully saturated rings. The van der Waals surface area contributed by atoms with Gasteiger partial charge < -0.3 is 16.0 Å². The molecular formula is C18H24N4OS. The Kier molecular flexibility index (Phi) is 6.81. The molecule has 2 rings (SSSR count). The minimum absolute atomic E-state index is 0.0842. The van der Waals surface area contributed by atoms with E-state index in [1.807, 2.05) is 25.1 Å². The number of carbonyl (C=O) groups is 1. The molecule has 0 aliphatic heterocycles. The zero-order valence-electron chi connectivity index (χ0n) is 14.3. The summed E-state index contributed by atoms with van der Waals surface area (Å²) in [6, 6.07) is 9.65. The van der Waals surface area contributed by atoms with E-state index in [4.69, 9.17) is 0 Å². The van der Waals surface area contributed by atoms with Crippen LogP contribution in [0.4, 0.5) is 0 Å². The first-order valence-electron chi connectivity index (χ1n) is 8.00. The third kappa shape index (κ3) is 5.09. The zero-order chi connectivity index (χ0) is 17.4. The number of rotatable bonds is 6. The third-order valence-corrected chi connectivity index (χ3v) is 4.59. The normalized spacial score (nSPS) is 11.2. The lowest BCUT2D eigenvalue weighted by Crippen LogP contribution is -2.36. The highest BCUT2D eigenvalue weighted by Gasteiger charge is 2.05. The van der Waals surface area contributed by atoms with Gasteiger partial charge in [0.2, 0.25) is 0 Å². The second-order valence-electron chi connectivity index (χ2n) is 5.36. The van der Waals surface area contributed by atoms with Gasteiger partial charge in [0.05, 0.1) is 13.1 Å². The number of thiophene rings is 1. The highest BCUT2D eigenvalue weighted by atomic mass is 32.1. The molecule has 0 radical (unpaired) electrons. The fourth-order valence-electron chi connectivity index (χ4n) is 2.22. The van der Waals surface area contributed by atoms with Crippen LogP contribution in [0, 0.1) is 6.92 Å². The molecule has 3 N–H and O–H groups in total. The van der Waals surface area contributed by atoms with Crippen molar-refractivity contribution in [2.45, 2.75) is 26.9 Å². The Hall–Kier alpha value is -2.34. The molecule has 5 nitrogen and oxygen atoms in total. The van der Waals surface area contributed by atoms with Crippen LogP contribution in [-0.4, -0.2) is 25.5 Å². The summed E-state index contributed by atoms with van der Waals surface area (Å²) < 4.78 is 0. The molecule has 24 heavy (non-hydrogen) atoms. The molecule has 0 saturated heterocycles. The van der Waals surface area contributed by atoms with Gasteiger partial charge >= 0.3 is 0 Å². The Balaban J connectivity index is 2.02. The van der Waals surface area contributed by atoms with Crippen molar-refractivity contribution in [3.05, 3.63) is 57.3 Å². The van der Waals surface area contributed by atoms with Gasteiger partial charge in [0, 0.05) is 24.0 Å². The van der Waals surface area contributed by atoms with E-state index in [0.717, 1.165) is 24.6 Å². The molecule has 0 aliphatic rings. The van der Waals surface area contributed by atoms with Crippen LogP contribution in [-0.2, 0) is 13.1 Å². The van der Waals surface area contributed by atoms with Crippen molar-refractivity contribution < 1.29 is 4.79 Å². The van der Waals surface area contributed by atoms with Crippen molar-refractivity contribution in [3.8, 4) is 0 Å². The molecule has 0 spiro atoms. The Morgan fingerprint density at radius 2 is 2.08 bits per heavy atom. The minimum Gasteiger partial charge on any atom is -0.357 e. The largest absolute Gasteiger partial charge is 0.357 e. The number of nitrogens with one attached hydrogen (secondary N) is 3. The quantitative estimate of drug-likeness (QED) is 0.557. The van der Waals surface area contributed by atoms with Crippen LogP contribution in [0.2, 0.25) is 0 Å². The molecule has 0 bridgehead atoms. The number of amides is 1. The first-order chi connectivity index (χ1) is 11.6. The van der Waals surface area contributed by atoms with Crippen LogP contribution in [0.3, 0.4) is 0 Å². The molecule has 6 heteroatoms. The molecule has 0 saturated carbocycles. The fourth-order valence-corrected chi connectivity index (χ4v) is 3.06. The van der Waals surface area contributed by atoms with E-state index >= 15 is 0 Å². The van der Waals surface area contributed by atoms with E-state index in [9.17, 15) is 4.79 Å². The van der Waals surface area contributed by atoms with Gasteiger partial charge in [0.15, 0.2) is 5.96 Å². The molecule has 1 aromatic heterocycles. The topological polar surface area (TPSA) is 65.5 Å². The summed E-state index contributed by atoms with van der Waals surface area (Å²) in [4.78, 5) is 17.6. The molecule has 128 valence electrons. The van der Waals surface area contributed by atoms with Crippen LogP contribution in [0.25, 0.3) is 0 Å². The predicted molar refractivity (Wildman–Crippen MR) is 101 cm³/mol. The Labute approximate surface area is 147 Å². The number of hydrogen-bond donors (Lipinski definition) is 3. The molecule has 1 amide bonds. The average molecular weight is 344 g/mol. The molecular weight excluding hydrogens is 320 g/mol. The summed E-state index contributed by atoms with van der Waals surface area (Å²) in [5.74, 6) is 0.690. The maximum absolute atomic E-state index is 11.7. The van der Waals surface area contributed by atoms with E-state index in [1.165, 1.54) is 10.4 Å². The first-order valence-corrected chi connectivity index (χ1v) is 8.88. The van der Waals surface area contributed by atoms with Crippen LogP contribution in [0.5, 0.6) is 0 Å². The maximum Gasteiger partial charge on any atom is 0.251 e. The van der Waals surface area contributed by atoms with Crippen molar-refractivity contribution in [1.29, 1.82) is 0 Å². The summed E-state index contributed by atoms with van der Waals surface area (Å²) in [7, 11) is 1.63. The van der Waals surface area contributed by atoms with E-state index in [1.54, 1.807) is 24.5 Å². The second kappa shape index (κ2) is 9.08. The highest BCUT2D eigenvalue weighted by Crippen LogP contribution is 2.14. The summed E-state index contributed by atoms with van der Waals surface area (Å²) in [5.41, 5.74) is 2.94. The first kappa shape index (κ1) is 18.0. The standard InChI is InChI=1S/C18H24N4OS/c1-4-20-18(22-12-16-13(2)8-9-24-16)21-11-14-6-5-7-15(10-14)17(23)19-3/h5-10H,4,11-12H2,1-3H3,(H,19,23)(H2,20,21,22). The number of aliphatic imine (C=N–C) groups is 1. The van der Waals surface area contributed by atoms with Gasteiger partial charge in [-0.15, -0.1) is 11.3 Å². The van der Waals surface area contributed by atoms with E-state index in [0.29, 0.717) is 12.1 Å². The van der Waals surface area contributed by atoms with Gasteiger partial charge in [0.25, 0.3) is 5.91 Å². The van der Waals surface area contributed by atoms with Crippen LogP contribution in [0.1, 0.15) is 33.3 Å². The summed E-state index contributed by atoms with van der Waals surface area (Å²) >= 11 is 1.74. The molecule has 1 heterocycles. The van der Waals surface area contributed by atoms with Gasteiger partial charge in [-0.1, -0.05) is 12.1 Å². The summed E-state index contributed by atoms with van der Waals surface area (Å²) in [5, 5.41) is 11.3. The maximum atomic E-state index is 11.7. The second-order valence-corrected chi connectivity index (χ2v) is 6.36. The number of benzene rings is 1. The lowest BCUT2D eigenvalue weighted by atomic mass is 10.1. The van der Waals surface area contributed by atoms with Crippen LogP contribution < -0.4 is 16.0 Å². The number of hydrogen-bond acceptors (Lipinski definition) is 3. The van der Waals surface area contributed by atoms with Crippen molar-refractivity contribution >= 4 is 23.2 Å². The van der Waals surface area contributed by atoms with Gasteiger partial charge in [-0.3, -0.25) is 4.79 Å². The molecule has 2 aromatic rings. The Bertz CT molecular complexity index is 709. The predicted octanol–water partition coefficient (Wildman–Crippen LogP) is 2.67. The van der Waals surface area contributed by atoms with Crippen LogP contribution >= 0.6 is 11.3 Å². The van der Waals surface area contributed by atoms with E-state index in [2.05, 4.69) is 39.3 Å². The summed E-state index contributed by atoms with van der Waals surface area (Å²) in [6.07, 6.45) is 0. The zero-order valence-corrected chi connectivity index (χ0v) is 15.2. The van der Waals surface area contributed by atoms with Crippen molar-refractivity contribution in [2.75, 3.05) is 13.6 Å². The Morgan fingerprint density at radius 1 is 1.25 bits per heavy atom. The van der Waals surface area contributed by atoms with Gasteiger partial charge in [0.1, 0.15) is 0 Å². The molecule has 1 aromatic carbocycles. The van der Waals surface area contributed by atoms with Crippen molar-refractivity contribution in [2.24, 2.45) is 4.99 Å². The smallest absolute Gasteiger partial charge is 0.251 e. The number of carbonyl (C=O) groups excluding carboxylic acids is 1. The van der Waals surface area contributed by atoms with E-state index in [-0.39, 0.29) is 5.91 Å². The number of guanidine groups is 1. The van der Waals surface area contributed by atoms with Gasteiger partial charge in [-0.2, -0.15) is 0 Å². The average Bonchev–Trinajstić information content (AvgIpc) is 3.02. The van der Waals surface area contributed by atoms with Gasteiger partial charge in [-0.05, 0) is 48.6 Å². The van der Waals surface area contributed by atoms with Crippen molar-refractivity contribution in [1.82, 2.24) is 16.0 Å². The third-order valence-electron chi connectivity index (χ3n) is 3.56. The number of nitrogens with zero attached hydrogens (tertiary/aromatic N) is 1. The minimum atomic E-state index is -0.0842. The van der Waals surface area contributed by atoms with Crippen molar-refractivity contribution in [3.63, 3.8) is 0 Å². The molecule has 0 aliphatic carbocycles. The monoisotopic (exact) mass is 344 g/mol. The summed E-state index contributed by atoms with van der Waals surface area (Å²) in [6.45, 7) is 6.23. The fraction of sp³-hybridized carbons (Fsp3) is 0.333. The Morgan fingerprint density at radius 3 is 2.75 bits per heavy atom. The van der Waals surface area contributed by atoms with Crippen LogP contribution in [0.15, 0.2) is 40.7 Å². The highest BCUT2D eigenvalue weighted by molar-refractivity contribution is 7.10.